The van der Waals surface area contributed by atoms with Gasteiger partial charge in [-0.2, -0.15) is 0 Å². The molecule has 1 heterocycles. The number of benzene rings is 1. The van der Waals surface area contributed by atoms with Crippen LogP contribution in [0.25, 0.3) is 5.69 Å². The first-order valence-corrected chi connectivity index (χ1v) is 6.16. The van der Waals surface area contributed by atoms with Crippen molar-refractivity contribution in [3.63, 3.8) is 0 Å². The summed E-state index contributed by atoms with van der Waals surface area (Å²) < 4.78 is 27.9. The van der Waals surface area contributed by atoms with Gasteiger partial charge in [0.25, 0.3) is 5.82 Å². The Hall–Kier alpha value is -2.02. The van der Waals surface area contributed by atoms with Gasteiger partial charge in [0, 0.05) is 12.5 Å². The first-order valence-electron chi connectivity index (χ1n) is 5.78. The second kappa shape index (κ2) is 5.54. The molecule has 1 N–H and O–H groups in total. The van der Waals surface area contributed by atoms with Gasteiger partial charge in [-0.05, 0) is 12.5 Å². The minimum Gasteiger partial charge on any atom is -0.475 e. The lowest BCUT2D eigenvalue weighted by Gasteiger charge is -2.08. The highest BCUT2D eigenvalue weighted by Crippen LogP contribution is 2.26. The second-order valence-electron chi connectivity index (χ2n) is 4.04. The molecule has 0 spiro atoms. The molecule has 1 aromatic carbocycles. The smallest absolute Gasteiger partial charge is 0.375 e. The summed E-state index contributed by atoms with van der Waals surface area (Å²) in [5, 5.41) is 12.4. The first kappa shape index (κ1) is 14.4. The summed E-state index contributed by atoms with van der Waals surface area (Å²) >= 11 is 5.81. The first-order chi connectivity index (χ1) is 9.43. The maximum absolute atomic E-state index is 13.9. The van der Waals surface area contributed by atoms with E-state index in [9.17, 15) is 13.6 Å². The standard InChI is InChI=1S/C12H10ClF2N3O2/c1-2-3-9-16-11(12(19)20)17-18(9)10-7(13)4-6(14)5-8(10)15/h4-5H,2-3H2,1H3,(H,19,20). The van der Waals surface area contributed by atoms with E-state index in [1.54, 1.807) is 0 Å². The third-order valence-corrected chi connectivity index (χ3v) is 2.82. The van der Waals surface area contributed by atoms with Crippen LogP contribution in [0.1, 0.15) is 29.8 Å². The highest BCUT2D eigenvalue weighted by atomic mass is 35.5. The number of carboxylic acid groups (broad SMARTS) is 1. The van der Waals surface area contributed by atoms with E-state index in [-0.39, 0.29) is 16.5 Å². The third kappa shape index (κ3) is 2.62. The molecular formula is C12H10ClF2N3O2. The minimum atomic E-state index is -1.33. The van der Waals surface area contributed by atoms with E-state index in [0.29, 0.717) is 18.9 Å². The van der Waals surface area contributed by atoms with Gasteiger partial charge in [0.1, 0.15) is 17.3 Å². The third-order valence-electron chi connectivity index (χ3n) is 2.53. The van der Waals surface area contributed by atoms with E-state index >= 15 is 0 Å². The van der Waals surface area contributed by atoms with E-state index in [1.165, 1.54) is 0 Å². The molecule has 0 unspecified atom stereocenters. The molecule has 0 fully saturated rings. The normalized spacial score (nSPS) is 10.8. The largest absolute Gasteiger partial charge is 0.475 e. The van der Waals surface area contributed by atoms with Crippen LogP contribution in [-0.4, -0.2) is 25.8 Å². The van der Waals surface area contributed by atoms with Crippen molar-refractivity contribution in [3.05, 3.63) is 40.4 Å². The summed E-state index contributed by atoms with van der Waals surface area (Å²) in [7, 11) is 0. The molecule has 0 bridgehead atoms. The number of hydrogen-bond acceptors (Lipinski definition) is 3. The van der Waals surface area contributed by atoms with Crippen LogP contribution in [0.2, 0.25) is 5.02 Å². The Morgan fingerprint density at radius 3 is 2.70 bits per heavy atom. The lowest BCUT2D eigenvalue weighted by molar-refractivity contribution is 0.0683. The van der Waals surface area contributed by atoms with Crippen LogP contribution < -0.4 is 0 Å². The van der Waals surface area contributed by atoms with Gasteiger partial charge in [0.2, 0.25) is 0 Å². The molecule has 20 heavy (non-hydrogen) atoms. The summed E-state index contributed by atoms with van der Waals surface area (Å²) in [5.41, 5.74) is -0.212. The summed E-state index contributed by atoms with van der Waals surface area (Å²) in [6.07, 6.45) is 1.03. The van der Waals surface area contributed by atoms with Crippen LogP contribution in [0.4, 0.5) is 8.78 Å². The molecule has 0 saturated heterocycles. The number of carbonyl (C=O) groups is 1. The molecule has 2 aromatic rings. The Kier molecular flexibility index (Phi) is 3.99. The molecule has 0 amide bonds. The zero-order chi connectivity index (χ0) is 14.9. The zero-order valence-corrected chi connectivity index (χ0v) is 11.2. The number of rotatable bonds is 4. The van der Waals surface area contributed by atoms with Gasteiger partial charge in [-0.1, -0.05) is 18.5 Å². The molecule has 0 aliphatic carbocycles. The Bertz CT molecular complexity index is 650. The molecule has 2 rings (SSSR count). The number of hydrogen-bond donors (Lipinski definition) is 1. The second-order valence-corrected chi connectivity index (χ2v) is 4.44. The summed E-state index contributed by atoms with van der Waals surface area (Å²) in [5.74, 6) is -3.31. The van der Waals surface area contributed by atoms with Crippen LogP contribution >= 0.6 is 11.6 Å². The van der Waals surface area contributed by atoms with Gasteiger partial charge in [-0.25, -0.2) is 23.2 Å². The van der Waals surface area contributed by atoms with Gasteiger partial charge < -0.3 is 5.11 Å². The molecule has 0 atom stereocenters. The van der Waals surface area contributed by atoms with Crippen molar-refractivity contribution in [3.8, 4) is 5.69 Å². The Labute approximate surface area is 117 Å². The van der Waals surface area contributed by atoms with Crippen LogP contribution in [0.15, 0.2) is 12.1 Å². The Morgan fingerprint density at radius 2 is 2.15 bits per heavy atom. The van der Waals surface area contributed by atoms with Crippen molar-refractivity contribution >= 4 is 17.6 Å². The van der Waals surface area contributed by atoms with Crippen molar-refractivity contribution in [2.24, 2.45) is 0 Å². The van der Waals surface area contributed by atoms with E-state index in [2.05, 4.69) is 10.1 Å². The zero-order valence-electron chi connectivity index (χ0n) is 10.4. The van der Waals surface area contributed by atoms with Crippen LogP contribution in [0.5, 0.6) is 0 Å². The highest BCUT2D eigenvalue weighted by Gasteiger charge is 2.20. The van der Waals surface area contributed by atoms with E-state index in [1.807, 2.05) is 6.92 Å². The fraction of sp³-hybridized carbons (Fsp3) is 0.250. The molecule has 0 aliphatic heterocycles. The van der Waals surface area contributed by atoms with Crippen molar-refractivity contribution < 1.29 is 18.7 Å². The topological polar surface area (TPSA) is 68.0 Å². The average molecular weight is 302 g/mol. The van der Waals surface area contributed by atoms with Gasteiger partial charge in [-0.15, -0.1) is 5.10 Å². The fourth-order valence-electron chi connectivity index (χ4n) is 1.74. The van der Waals surface area contributed by atoms with Gasteiger partial charge >= 0.3 is 5.97 Å². The lowest BCUT2D eigenvalue weighted by atomic mass is 10.2. The molecule has 0 radical (unpaired) electrons. The molecular weight excluding hydrogens is 292 g/mol. The maximum atomic E-state index is 13.9. The van der Waals surface area contributed by atoms with Crippen molar-refractivity contribution in [2.75, 3.05) is 0 Å². The summed E-state index contributed by atoms with van der Waals surface area (Å²) in [4.78, 5) is 14.7. The van der Waals surface area contributed by atoms with Gasteiger partial charge in [0.15, 0.2) is 5.82 Å². The quantitative estimate of drug-likeness (QED) is 0.943. The molecule has 1 aromatic heterocycles. The maximum Gasteiger partial charge on any atom is 0.375 e. The molecule has 0 aliphatic rings. The van der Waals surface area contributed by atoms with Crippen molar-refractivity contribution in [1.82, 2.24) is 14.8 Å². The predicted molar refractivity (Wildman–Crippen MR) is 67.2 cm³/mol. The molecule has 8 heteroatoms. The number of nitrogens with zero attached hydrogens (tertiary/aromatic N) is 3. The highest BCUT2D eigenvalue weighted by molar-refractivity contribution is 6.32. The van der Waals surface area contributed by atoms with Crippen LogP contribution in [-0.2, 0) is 6.42 Å². The molecule has 106 valence electrons. The fourth-order valence-corrected chi connectivity index (χ4v) is 2.01. The number of aromatic nitrogens is 3. The number of aryl methyl sites for hydroxylation is 1. The summed E-state index contributed by atoms with van der Waals surface area (Å²) in [6, 6.07) is 1.58. The van der Waals surface area contributed by atoms with E-state index in [4.69, 9.17) is 16.7 Å². The SMILES string of the molecule is CCCc1nc(C(=O)O)nn1-c1c(F)cc(F)cc1Cl. The Morgan fingerprint density at radius 1 is 1.45 bits per heavy atom. The number of carboxylic acids is 1. The van der Waals surface area contributed by atoms with Crippen molar-refractivity contribution in [2.45, 2.75) is 19.8 Å². The number of halogens is 3. The van der Waals surface area contributed by atoms with Crippen molar-refractivity contribution in [1.29, 1.82) is 0 Å². The average Bonchev–Trinajstić information content (AvgIpc) is 2.72. The minimum absolute atomic E-state index is 0.207. The van der Waals surface area contributed by atoms with E-state index in [0.717, 1.165) is 10.7 Å². The predicted octanol–water partition coefficient (Wildman–Crippen LogP) is 2.85. The lowest BCUT2D eigenvalue weighted by Crippen LogP contribution is -2.07. The van der Waals surface area contributed by atoms with E-state index < -0.39 is 23.4 Å². The summed E-state index contributed by atoms with van der Waals surface area (Å²) in [6.45, 7) is 1.85. The van der Waals surface area contributed by atoms with Gasteiger partial charge in [0.05, 0.1) is 5.02 Å². The Balaban J connectivity index is 2.65. The number of aromatic carboxylic acids is 1. The molecule has 0 saturated carbocycles. The van der Waals surface area contributed by atoms with Crippen LogP contribution in [0.3, 0.4) is 0 Å². The van der Waals surface area contributed by atoms with Gasteiger partial charge in [-0.3, -0.25) is 0 Å². The van der Waals surface area contributed by atoms with Crippen LogP contribution in [0, 0.1) is 11.6 Å². The molecule has 5 nitrogen and oxygen atoms in total. The monoisotopic (exact) mass is 301 g/mol.